The van der Waals surface area contributed by atoms with Crippen LogP contribution >= 0.6 is 0 Å². The second kappa shape index (κ2) is 21.7. The van der Waals surface area contributed by atoms with Crippen LogP contribution in [0, 0.1) is 70.3 Å². The maximum absolute atomic E-state index is 14.1. The van der Waals surface area contributed by atoms with E-state index in [1.165, 1.54) is 11.1 Å². The van der Waals surface area contributed by atoms with Crippen molar-refractivity contribution in [3.63, 3.8) is 0 Å². The van der Waals surface area contributed by atoms with Crippen molar-refractivity contribution in [3.8, 4) is 35.4 Å². The third-order valence-corrected chi connectivity index (χ3v) is 11.4. The monoisotopic (exact) mass is 938 g/mol. The van der Waals surface area contributed by atoms with E-state index in [4.69, 9.17) is 35.7 Å². The lowest BCUT2D eigenvalue weighted by Crippen LogP contribution is -2.04. The van der Waals surface area contributed by atoms with Crippen molar-refractivity contribution in [1.29, 1.82) is 10.5 Å². The van der Waals surface area contributed by atoms with Crippen LogP contribution < -0.4 is 20.5 Å². The number of benzene rings is 6. The molecule has 13 heteroatoms. The van der Waals surface area contributed by atoms with E-state index in [1.54, 1.807) is 36.4 Å². The van der Waals surface area contributed by atoms with Gasteiger partial charge in [0.25, 0.3) is 0 Å². The number of fused-ring (bicyclic) bond motifs is 2. The van der Waals surface area contributed by atoms with Gasteiger partial charge in [0.15, 0.2) is 5.65 Å². The Morgan fingerprint density at radius 3 is 1.41 bits per heavy atom. The number of hydrogen-bond donors (Lipinski definition) is 2. The van der Waals surface area contributed by atoms with E-state index in [9.17, 15) is 4.39 Å². The Balaban J connectivity index is 0.000000166. The number of rotatable bonds is 10. The molecule has 0 aliphatic carbocycles. The van der Waals surface area contributed by atoms with Gasteiger partial charge in [-0.05, 0) is 136 Å². The molecular weight excluding hydrogens is 888 g/mol. The normalized spacial score (nSPS) is 10.6. The summed E-state index contributed by atoms with van der Waals surface area (Å²) < 4.78 is 30.6. The molecule has 0 saturated heterocycles. The summed E-state index contributed by atoms with van der Waals surface area (Å²) in [4.78, 5) is 17.5. The maximum atomic E-state index is 14.1. The van der Waals surface area contributed by atoms with Gasteiger partial charge in [0.1, 0.15) is 17.1 Å². The number of nitrogens with two attached hydrogens (primary N) is 1. The lowest BCUT2D eigenvalue weighted by Gasteiger charge is -2.14. The van der Waals surface area contributed by atoms with E-state index in [0.717, 1.165) is 55.9 Å². The smallest absolute Gasteiger partial charge is 0.313 e. The summed E-state index contributed by atoms with van der Waals surface area (Å²) in [5.41, 5.74) is 18.1. The Kier molecular flexibility index (Phi) is 14.7. The van der Waals surface area contributed by atoms with Crippen molar-refractivity contribution in [3.05, 3.63) is 220 Å². The highest BCUT2D eigenvalue weighted by Gasteiger charge is 2.18. The minimum atomic E-state index is -0.798. The predicted molar refractivity (Wildman–Crippen MR) is 278 cm³/mol. The molecule has 0 atom stereocenters. The summed E-state index contributed by atoms with van der Waals surface area (Å²) in [6.07, 6.45) is 3.10. The Labute approximate surface area is 412 Å². The summed E-state index contributed by atoms with van der Waals surface area (Å²) in [6, 6.07) is 50.5. The van der Waals surface area contributed by atoms with E-state index in [1.807, 2.05) is 143 Å². The quantitative estimate of drug-likeness (QED) is 0.0995. The van der Waals surface area contributed by atoms with Gasteiger partial charge in [-0.1, -0.05) is 96.1 Å². The molecule has 0 fully saturated rings. The average Bonchev–Trinajstić information content (AvgIpc) is 3.96. The molecule has 352 valence electrons. The molecule has 4 aromatic heterocycles. The average molecular weight is 939 g/mol. The molecule has 0 radical (unpaired) electrons. The number of nitrogens with zero attached hydrogens (tertiary/aromatic N) is 8. The van der Waals surface area contributed by atoms with E-state index in [0.29, 0.717) is 58.5 Å². The Morgan fingerprint density at radius 1 is 0.535 bits per heavy atom. The zero-order valence-electron chi connectivity index (χ0n) is 40.3. The molecule has 0 unspecified atom stereocenters. The zero-order valence-corrected chi connectivity index (χ0v) is 40.3. The number of nitrogens with one attached hydrogen (secondary N) is 1. The highest BCUT2D eigenvalue weighted by molar-refractivity contribution is 5.84. The summed E-state index contributed by atoms with van der Waals surface area (Å²) in [5, 5.41) is 22.2. The summed E-state index contributed by atoms with van der Waals surface area (Å²) in [6.45, 7) is 13.4. The van der Waals surface area contributed by atoms with Crippen molar-refractivity contribution < 1.29 is 13.9 Å². The molecule has 0 bridgehead atoms. The molecule has 6 aromatic carbocycles. The molecule has 0 spiro atoms. The number of anilines is 3. The van der Waals surface area contributed by atoms with Crippen LogP contribution in [0.2, 0.25) is 0 Å². The van der Waals surface area contributed by atoms with Crippen LogP contribution in [0.25, 0.3) is 22.1 Å². The minimum Gasteiger partial charge on any atom is -0.438 e. The molecule has 12 nitrogen and oxygen atoms in total. The lowest BCUT2D eigenvalue weighted by atomic mass is 10.1. The van der Waals surface area contributed by atoms with Gasteiger partial charge < -0.3 is 29.7 Å². The molecular formula is C58H51FN10O2. The van der Waals surface area contributed by atoms with Crippen molar-refractivity contribution in [2.45, 2.75) is 54.6 Å². The number of nitrogen functional groups attached to an aromatic ring is 1. The largest absolute Gasteiger partial charge is 0.438 e. The standard InChI is InChI=1S/C29H25N5O.C22H20FN3O.C7H6N2/c1-19-15-20(2)26(21(3)16-19)35-28-25-13-14-34(18-23-7-5-4-6-8-23)27(25)32-29(33-28)31-24-11-9-22(17-30)10-12-24;1-14-11-15(2)19(16(3)12-14)27-21-18-9-10-26(20(18)24-22(23)25-21)13-17-7-5-4-6-8-17;8-5-6-1-3-7(9)4-2-6/h4-16H,18H2,1-3H3,(H,31,32,33);4-12H,13H2,1-3H3;1-4H,9H2. The first-order valence-electron chi connectivity index (χ1n) is 22.9. The molecule has 10 rings (SSSR count). The topological polar surface area (TPSA) is 166 Å². The predicted octanol–water partition coefficient (Wildman–Crippen LogP) is 13.3. The van der Waals surface area contributed by atoms with Crippen molar-refractivity contribution >= 4 is 39.4 Å². The van der Waals surface area contributed by atoms with Crippen LogP contribution in [0.15, 0.2) is 158 Å². The van der Waals surface area contributed by atoms with Gasteiger partial charge in [-0.15, -0.1) is 0 Å². The van der Waals surface area contributed by atoms with E-state index < -0.39 is 6.08 Å². The molecule has 3 N–H and O–H groups in total. The first-order valence-corrected chi connectivity index (χ1v) is 22.9. The van der Waals surface area contributed by atoms with Gasteiger partial charge in [-0.3, -0.25) is 0 Å². The lowest BCUT2D eigenvalue weighted by molar-refractivity contribution is 0.437. The Bertz CT molecular complexity index is 3510. The van der Waals surface area contributed by atoms with Gasteiger partial charge in [0, 0.05) is 36.9 Å². The summed E-state index contributed by atoms with van der Waals surface area (Å²) in [5.74, 6) is 2.66. The van der Waals surface area contributed by atoms with Crippen molar-refractivity contribution in [2.75, 3.05) is 11.1 Å². The number of ether oxygens (including phenoxy) is 2. The minimum absolute atomic E-state index is 0.236. The van der Waals surface area contributed by atoms with Gasteiger partial charge in [0.2, 0.25) is 17.7 Å². The van der Waals surface area contributed by atoms with Gasteiger partial charge in [-0.2, -0.15) is 34.9 Å². The molecule has 71 heavy (non-hydrogen) atoms. The number of aryl methyl sites for hydroxylation is 6. The highest BCUT2D eigenvalue weighted by atomic mass is 19.1. The van der Waals surface area contributed by atoms with E-state index >= 15 is 0 Å². The molecule has 4 heterocycles. The van der Waals surface area contributed by atoms with Gasteiger partial charge >= 0.3 is 6.08 Å². The fourth-order valence-electron chi connectivity index (χ4n) is 8.24. The van der Waals surface area contributed by atoms with Gasteiger partial charge in [-0.25, -0.2) is 0 Å². The Morgan fingerprint density at radius 2 is 0.958 bits per heavy atom. The molecule has 0 saturated carbocycles. The number of hydrogen-bond acceptors (Lipinski definition) is 10. The van der Waals surface area contributed by atoms with E-state index in [-0.39, 0.29) is 5.88 Å². The highest BCUT2D eigenvalue weighted by Crippen LogP contribution is 2.36. The van der Waals surface area contributed by atoms with E-state index in [2.05, 4.69) is 57.1 Å². The zero-order chi connectivity index (χ0) is 50.0. The fourth-order valence-corrected chi connectivity index (χ4v) is 8.24. The van der Waals surface area contributed by atoms with Crippen molar-refractivity contribution in [1.82, 2.24) is 29.1 Å². The van der Waals surface area contributed by atoms with Crippen LogP contribution in [-0.2, 0) is 13.1 Å². The third-order valence-electron chi connectivity index (χ3n) is 11.4. The molecule has 0 amide bonds. The number of nitriles is 2. The first-order chi connectivity index (χ1) is 34.3. The number of halogens is 1. The Hall–Kier alpha value is -9.33. The van der Waals surface area contributed by atoms with Crippen LogP contribution in [0.5, 0.6) is 23.3 Å². The first kappa shape index (κ1) is 48.1. The summed E-state index contributed by atoms with van der Waals surface area (Å²) >= 11 is 0. The van der Waals surface area contributed by atoms with Crippen LogP contribution in [0.1, 0.15) is 55.6 Å². The maximum Gasteiger partial charge on any atom is 0.313 e. The van der Waals surface area contributed by atoms with Crippen LogP contribution in [0.3, 0.4) is 0 Å². The third kappa shape index (κ3) is 11.9. The van der Waals surface area contributed by atoms with Crippen molar-refractivity contribution in [2.24, 2.45) is 0 Å². The number of aromatic nitrogens is 6. The SMILES string of the molecule is Cc1cc(C)c(Oc2nc(F)nc3c2ccn3Cc2ccccc2)c(C)c1.Cc1cc(C)c(Oc2nc(Nc3ccc(C#N)cc3)nc3c2ccn3Cc2ccccc2)c(C)c1.N#Cc1ccc(N)cc1. The molecule has 0 aliphatic heterocycles. The van der Waals surface area contributed by atoms with Crippen LogP contribution in [0.4, 0.5) is 21.7 Å². The van der Waals surface area contributed by atoms with Gasteiger partial charge in [0.05, 0.1) is 34.0 Å². The summed E-state index contributed by atoms with van der Waals surface area (Å²) in [7, 11) is 0. The molecule has 10 aromatic rings. The second-order valence-electron chi connectivity index (χ2n) is 17.2. The van der Waals surface area contributed by atoms with Crippen LogP contribution in [-0.4, -0.2) is 29.1 Å². The molecule has 0 aliphatic rings. The fraction of sp³-hybridized carbons (Fsp3) is 0.138. The second-order valence-corrected chi connectivity index (χ2v) is 17.2.